The molecule has 6 nitrogen and oxygen atoms in total. The SMILES string of the molecule is COCC(=O)NCCCc1nc2ccccc2n1CCCCOc1cc(C)c(Cl)c(C)c1. The predicted molar refractivity (Wildman–Crippen MR) is 129 cm³/mol. The van der Waals surface area contributed by atoms with E-state index in [1.165, 1.54) is 7.11 Å². The lowest BCUT2D eigenvalue weighted by Gasteiger charge is -2.12. The second-order valence-electron chi connectivity index (χ2n) is 7.98. The van der Waals surface area contributed by atoms with E-state index in [4.69, 9.17) is 26.1 Å². The maximum Gasteiger partial charge on any atom is 0.245 e. The number of benzene rings is 2. The Balaban J connectivity index is 1.53. The number of rotatable bonds is 12. The van der Waals surface area contributed by atoms with Crippen LogP contribution in [0.15, 0.2) is 36.4 Å². The van der Waals surface area contributed by atoms with Gasteiger partial charge in [0.05, 0.1) is 17.6 Å². The topological polar surface area (TPSA) is 65.4 Å². The summed E-state index contributed by atoms with van der Waals surface area (Å²) in [5.74, 6) is 1.83. The number of ether oxygens (including phenoxy) is 2. The summed E-state index contributed by atoms with van der Waals surface area (Å²) in [7, 11) is 1.52. The number of carbonyl (C=O) groups excluding carboxylic acids is 1. The molecule has 0 fully saturated rings. The van der Waals surface area contributed by atoms with E-state index in [2.05, 4.69) is 16.0 Å². The van der Waals surface area contributed by atoms with E-state index in [-0.39, 0.29) is 12.5 Å². The van der Waals surface area contributed by atoms with Gasteiger partial charge in [0.25, 0.3) is 0 Å². The molecule has 7 heteroatoms. The predicted octanol–water partition coefficient (Wildman–Crippen LogP) is 4.86. The highest BCUT2D eigenvalue weighted by Crippen LogP contribution is 2.26. The molecule has 0 bridgehead atoms. The molecule has 0 aliphatic rings. The van der Waals surface area contributed by atoms with Crippen LogP contribution in [0.5, 0.6) is 5.75 Å². The Morgan fingerprint density at radius 3 is 2.62 bits per heavy atom. The Labute approximate surface area is 194 Å². The summed E-state index contributed by atoms with van der Waals surface area (Å²) in [5.41, 5.74) is 4.23. The Bertz CT molecular complexity index is 1030. The minimum atomic E-state index is -0.0907. The number of halogens is 1. The Kier molecular flexibility index (Phi) is 8.94. The van der Waals surface area contributed by atoms with Gasteiger partial charge in [0.15, 0.2) is 0 Å². The van der Waals surface area contributed by atoms with Gasteiger partial charge in [0.1, 0.15) is 18.2 Å². The monoisotopic (exact) mass is 457 g/mol. The van der Waals surface area contributed by atoms with Crippen molar-refractivity contribution in [3.05, 3.63) is 58.4 Å². The fourth-order valence-corrected chi connectivity index (χ4v) is 3.88. The third kappa shape index (κ3) is 6.47. The minimum Gasteiger partial charge on any atom is -0.494 e. The second-order valence-corrected chi connectivity index (χ2v) is 8.36. The molecule has 1 N–H and O–H groups in total. The first-order chi connectivity index (χ1) is 15.5. The van der Waals surface area contributed by atoms with Gasteiger partial charge in [-0.15, -0.1) is 0 Å². The summed E-state index contributed by atoms with van der Waals surface area (Å²) in [6.45, 7) is 6.24. The molecule has 1 amide bonds. The number of unbranched alkanes of at least 4 members (excludes halogenated alkanes) is 1. The number of amides is 1. The maximum absolute atomic E-state index is 11.5. The molecule has 0 saturated heterocycles. The van der Waals surface area contributed by atoms with Crippen molar-refractivity contribution in [2.45, 2.75) is 46.1 Å². The van der Waals surface area contributed by atoms with E-state index < -0.39 is 0 Å². The Morgan fingerprint density at radius 2 is 1.88 bits per heavy atom. The van der Waals surface area contributed by atoms with Gasteiger partial charge >= 0.3 is 0 Å². The summed E-state index contributed by atoms with van der Waals surface area (Å²) in [6.07, 6.45) is 3.57. The van der Waals surface area contributed by atoms with Crippen molar-refractivity contribution in [2.75, 3.05) is 26.9 Å². The van der Waals surface area contributed by atoms with Gasteiger partial charge in [0, 0.05) is 31.6 Å². The first kappa shape index (κ1) is 24.1. The summed E-state index contributed by atoms with van der Waals surface area (Å²) in [6, 6.07) is 12.2. The minimum absolute atomic E-state index is 0.0907. The van der Waals surface area contributed by atoms with E-state index in [0.29, 0.717) is 13.2 Å². The molecule has 0 aliphatic carbocycles. The lowest BCUT2D eigenvalue weighted by Crippen LogP contribution is -2.28. The summed E-state index contributed by atoms with van der Waals surface area (Å²) >= 11 is 6.24. The number of carbonyl (C=O) groups is 1. The lowest BCUT2D eigenvalue weighted by atomic mass is 10.1. The van der Waals surface area contributed by atoms with Crippen LogP contribution < -0.4 is 10.1 Å². The number of nitrogens with one attached hydrogen (secondary N) is 1. The van der Waals surface area contributed by atoms with Gasteiger partial charge in [-0.05, 0) is 68.5 Å². The zero-order valence-corrected chi connectivity index (χ0v) is 19.9. The highest BCUT2D eigenvalue weighted by molar-refractivity contribution is 6.32. The van der Waals surface area contributed by atoms with E-state index in [9.17, 15) is 4.79 Å². The van der Waals surface area contributed by atoms with Gasteiger partial charge in [0.2, 0.25) is 5.91 Å². The van der Waals surface area contributed by atoms with E-state index in [0.717, 1.165) is 71.0 Å². The van der Waals surface area contributed by atoms with Crippen LogP contribution in [0.2, 0.25) is 5.02 Å². The highest BCUT2D eigenvalue weighted by Gasteiger charge is 2.11. The third-order valence-corrected chi connectivity index (χ3v) is 5.96. The number of para-hydroxylation sites is 2. The molecule has 3 aromatic rings. The number of hydrogen-bond acceptors (Lipinski definition) is 4. The number of aromatic nitrogens is 2. The van der Waals surface area contributed by atoms with Gasteiger partial charge in [-0.1, -0.05) is 23.7 Å². The summed E-state index contributed by atoms with van der Waals surface area (Å²) in [5, 5.41) is 3.67. The van der Waals surface area contributed by atoms with Crippen LogP contribution in [-0.4, -0.2) is 42.3 Å². The molecule has 0 radical (unpaired) electrons. The van der Waals surface area contributed by atoms with Gasteiger partial charge in [-0.2, -0.15) is 0 Å². The van der Waals surface area contributed by atoms with Crippen LogP contribution in [0.1, 0.15) is 36.2 Å². The maximum atomic E-state index is 11.5. The van der Waals surface area contributed by atoms with Gasteiger partial charge < -0.3 is 19.4 Å². The van der Waals surface area contributed by atoms with Crippen molar-refractivity contribution in [3.8, 4) is 5.75 Å². The zero-order valence-electron chi connectivity index (χ0n) is 19.1. The van der Waals surface area contributed by atoms with Gasteiger partial charge in [-0.25, -0.2) is 4.98 Å². The van der Waals surface area contributed by atoms with Crippen LogP contribution in [0.25, 0.3) is 11.0 Å². The Morgan fingerprint density at radius 1 is 1.12 bits per heavy atom. The van der Waals surface area contributed by atoms with Crippen molar-refractivity contribution in [2.24, 2.45) is 0 Å². The molecule has 1 aromatic heterocycles. The molecule has 0 atom stereocenters. The van der Waals surface area contributed by atoms with Crippen molar-refractivity contribution >= 4 is 28.5 Å². The van der Waals surface area contributed by atoms with Crippen molar-refractivity contribution < 1.29 is 14.3 Å². The quantitative estimate of drug-likeness (QED) is 0.394. The standard InChI is InChI=1S/C25H32ClN3O3/c1-18-15-20(16-19(2)25(18)26)32-14-7-6-13-29-22-10-5-4-9-21(22)28-23(29)11-8-12-27-24(30)17-31-3/h4-5,9-10,15-16H,6-8,11-14,17H2,1-3H3,(H,27,30). The molecular weight excluding hydrogens is 426 g/mol. The molecule has 0 aliphatic heterocycles. The van der Waals surface area contributed by atoms with Crippen LogP contribution >= 0.6 is 11.6 Å². The summed E-state index contributed by atoms with van der Waals surface area (Å²) in [4.78, 5) is 16.4. The lowest BCUT2D eigenvalue weighted by molar-refractivity contribution is -0.124. The number of imidazole rings is 1. The Hall–Kier alpha value is -2.57. The number of fused-ring (bicyclic) bond motifs is 1. The van der Waals surface area contributed by atoms with Crippen LogP contribution in [0.4, 0.5) is 0 Å². The molecule has 0 saturated carbocycles. The van der Waals surface area contributed by atoms with E-state index in [1.54, 1.807) is 0 Å². The van der Waals surface area contributed by atoms with Crippen LogP contribution in [0.3, 0.4) is 0 Å². The van der Waals surface area contributed by atoms with Crippen LogP contribution in [-0.2, 0) is 22.5 Å². The molecule has 1 heterocycles. The molecular formula is C25H32ClN3O3. The normalized spacial score (nSPS) is 11.1. The van der Waals surface area contributed by atoms with E-state index >= 15 is 0 Å². The average molecular weight is 458 g/mol. The number of methoxy groups -OCH3 is 1. The molecule has 3 rings (SSSR count). The first-order valence-electron chi connectivity index (χ1n) is 11.1. The van der Waals surface area contributed by atoms with Crippen molar-refractivity contribution in [1.29, 1.82) is 0 Å². The smallest absolute Gasteiger partial charge is 0.245 e. The fraction of sp³-hybridized carbons (Fsp3) is 0.440. The molecule has 32 heavy (non-hydrogen) atoms. The zero-order chi connectivity index (χ0) is 22.9. The van der Waals surface area contributed by atoms with Gasteiger partial charge in [-0.3, -0.25) is 4.79 Å². The second kappa shape index (κ2) is 11.9. The number of nitrogens with zero attached hydrogens (tertiary/aromatic N) is 2. The molecule has 0 spiro atoms. The highest BCUT2D eigenvalue weighted by atomic mass is 35.5. The van der Waals surface area contributed by atoms with E-state index in [1.807, 2.05) is 44.2 Å². The van der Waals surface area contributed by atoms with Crippen molar-refractivity contribution in [3.63, 3.8) is 0 Å². The number of hydrogen-bond donors (Lipinski definition) is 1. The third-order valence-electron chi connectivity index (χ3n) is 5.36. The van der Waals surface area contributed by atoms with Crippen LogP contribution in [0, 0.1) is 13.8 Å². The summed E-state index contributed by atoms with van der Waals surface area (Å²) < 4.78 is 13.1. The fourth-order valence-electron chi connectivity index (χ4n) is 3.77. The number of aryl methyl sites for hydroxylation is 4. The largest absolute Gasteiger partial charge is 0.494 e. The molecule has 2 aromatic carbocycles. The first-order valence-corrected chi connectivity index (χ1v) is 11.5. The average Bonchev–Trinajstić information content (AvgIpc) is 3.12. The molecule has 172 valence electrons. The van der Waals surface area contributed by atoms with Crippen molar-refractivity contribution in [1.82, 2.24) is 14.9 Å². The molecule has 0 unspecified atom stereocenters.